The summed E-state index contributed by atoms with van der Waals surface area (Å²) in [6, 6.07) is 0. The van der Waals surface area contributed by atoms with Crippen molar-refractivity contribution in [3.63, 3.8) is 0 Å². The van der Waals surface area contributed by atoms with Crippen LogP contribution in [-0.4, -0.2) is 10.7 Å². The van der Waals surface area contributed by atoms with Gasteiger partial charge in [0.1, 0.15) is 0 Å². The quantitative estimate of drug-likeness (QED) is 0.594. The third kappa shape index (κ3) is 0.654. The minimum absolute atomic E-state index is 0.0594. The molecule has 0 aromatic rings. The monoisotopic (exact) mass is 171 g/mol. The van der Waals surface area contributed by atoms with Crippen molar-refractivity contribution >= 4 is 0 Å². The van der Waals surface area contributed by atoms with E-state index in [0.29, 0.717) is 12.3 Å². The Morgan fingerprint density at radius 3 is 2.33 bits per heavy atom. The first kappa shape index (κ1) is 5.64. The van der Waals surface area contributed by atoms with Crippen molar-refractivity contribution in [2.45, 2.75) is 52.5 Å². The number of aliphatic hydroxyl groups is 1. The van der Waals surface area contributed by atoms with Crippen molar-refractivity contribution in [3.8, 4) is 0 Å². The maximum atomic E-state index is 10.6. The Kier molecular flexibility index (Phi) is 0.890. The summed E-state index contributed by atoms with van der Waals surface area (Å²) >= 11 is 0. The van der Waals surface area contributed by atoms with Crippen LogP contribution >= 0.6 is 0 Å². The lowest BCUT2D eigenvalue weighted by atomic mass is 9.65. The summed E-state index contributed by atoms with van der Waals surface area (Å²) in [7, 11) is 0. The third-order valence-corrected chi connectivity index (χ3v) is 4.89. The minimum Gasteiger partial charge on any atom is -0.390 e. The molecule has 0 aliphatic heterocycles. The largest absolute Gasteiger partial charge is 0.390 e. The van der Waals surface area contributed by atoms with Crippen LogP contribution in [0.5, 0.6) is 0 Å². The molecule has 1 nitrogen and oxygen atoms in total. The average molecular weight is 171 g/mol. The van der Waals surface area contributed by atoms with Gasteiger partial charge in [-0.1, -0.05) is 20.8 Å². The van der Waals surface area contributed by atoms with Crippen LogP contribution in [0.15, 0.2) is 0 Å². The highest BCUT2D eigenvalue weighted by atomic mass is 16.3. The molecule has 0 heterocycles. The van der Waals surface area contributed by atoms with Crippen LogP contribution in [0.3, 0.4) is 0 Å². The Labute approximate surface area is 79.4 Å². The highest BCUT2D eigenvalue weighted by Gasteiger charge is 2.66. The second-order valence-electron chi connectivity index (χ2n) is 5.35. The van der Waals surface area contributed by atoms with Crippen molar-refractivity contribution < 1.29 is 9.22 Å². The van der Waals surface area contributed by atoms with Crippen molar-refractivity contribution in [2.24, 2.45) is 16.7 Å². The van der Waals surface area contributed by atoms with Gasteiger partial charge in [0, 0.05) is 9.53 Å². The smallest absolute Gasteiger partial charge is 0.0681 e. The lowest BCUT2D eigenvalue weighted by Gasteiger charge is -2.43. The molecule has 2 bridgehead atoms. The SMILES string of the molecule is [2H]C([2H])([2H])C1(O)CC2CCC1(C)C2(C)C. The zero-order valence-electron chi connectivity index (χ0n) is 11.1. The Bertz CT molecular complexity index is 295. The van der Waals surface area contributed by atoms with Crippen LogP contribution in [0.4, 0.5) is 0 Å². The second-order valence-corrected chi connectivity index (χ2v) is 5.35. The molecule has 12 heavy (non-hydrogen) atoms. The van der Waals surface area contributed by atoms with Gasteiger partial charge in [0.2, 0.25) is 0 Å². The van der Waals surface area contributed by atoms with Crippen molar-refractivity contribution in [3.05, 3.63) is 0 Å². The van der Waals surface area contributed by atoms with Crippen LogP contribution < -0.4 is 0 Å². The topological polar surface area (TPSA) is 20.2 Å². The summed E-state index contributed by atoms with van der Waals surface area (Å²) in [4.78, 5) is 0. The molecule has 3 unspecified atom stereocenters. The molecule has 0 radical (unpaired) electrons. The molecule has 70 valence electrons. The van der Waals surface area contributed by atoms with Gasteiger partial charge in [-0.05, 0) is 37.4 Å². The Hall–Kier alpha value is -0.0400. The highest BCUT2D eigenvalue weighted by molar-refractivity contribution is 5.16. The van der Waals surface area contributed by atoms with E-state index in [4.69, 9.17) is 4.11 Å². The van der Waals surface area contributed by atoms with Gasteiger partial charge in [-0.25, -0.2) is 0 Å². The molecular weight excluding hydrogens is 148 g/mol. The van der Waals surface area contributed by atoms with Crippen molar-refractivity contribution in [1.82, 2.24) is 0 Å². The van der Waals surface area contributed by atoms with E-state index in [0.717, 1.165) is 12.8 Å². The summed E-state index contributed by atoms with van der Waals surface area (Å²) in [5.74, 6) is 0.355. The fourth-order valence-corrected chi connectivity index (χ4v) is 3.28. The Morgan fingerprint density at radius 2 is 2.08 bits per heavy atom. The predicted octanol–water partition coefficient (Wildman–Crippen LogP) is 2.58. The maximum Gasteiger partial charge on any atom is 0.0681 e. The summed E-state index contributed by atoms with van der Waals surface area (Å²) in [5, 5.41) is 10.6. The first-order chi connectivity index (χ1) is 6.56. The van der Waals surface area contributed by atoms with Gasteiger partial charge in [-0.15, -0.1) is 0 Å². The van der Waals surface area contributed by atoms with E-state index < -0.39 is 17.9 Å². The van der Waals surface area contributed by atoms with Crippen LogP contribution in [-0.2, 0) is 0 Å². The predicted molar refractivity (Wildman–Crippen MR) is 49.9 cm³/mol. The average Bonchev–Trinajstić information content (AvgIpc) is 2.34. The van der Waals surface area contributed by atoms with Gasteiger partial charge in [-0.3, -0.25) is 0 Å². The maximum absolute atomic E-state index is 10.6. The van der Waals surface area contributed by atoms with E-state index in [1.54, 1.807) is 0 Å². The van der Waals surface area contributed by atoms with Gasteiger partial charge < -0.3 is 5.11 Å². The van der Waals surface area contributed by atoms with Gasteiger partial charge >= 0.3 is 0 Å². The molecule has 0 aromatic carbocycles. The van der Waals surface area contributed by atoms with Crippen LogP contribution in [0.1, 0.15) is 51.0 Å². The number of fused-ring (bicyclic) bond motifs is 2. The number of rotatable bonds is 0. The lowest BCUT2D eigenvalue weighted by molar-refractivity contribution is -0.0745. The summed E-state index contributed by atoms with van der Waals surface area (Å²) in [5.41, 5.74) is -2.00. The first-order valence-corrected chi connectivity index (χ1v) is 4.79. The fourth-order valence-electron chi connectivity index (χ4n) is 3.28. The number of hydrogen-bond acceptors (Lipinski definition) is 1. The molecule has 1 N–H and O–H groups in total. The zero-order valence-corrected chi connectivity index (χ0v) is 8.15. The molecule has 2 aliphatic rings. The lowest BCUT2D eigenvalue weighted by Crippen LogP contribution is -2.44. The minimum atomic E-state index is -2.26. The molecule has 0 spiro atoms. The fraction of sp³-hybridized carbons (Fsp3) is 1.00. The van der Waals surface area contributed by atoms with E-state index >= 15 is 0 Å². The van der Waals surface area contributed by atoms with Gasteiger partial charge in [0.05, 0.1) is 5.60 Å². The van der Waals surface area contributed by atoms with Crippen molar-refractivity contribution in [1.29, 1.82) is 0 Å². The molecule has 2 saturated carbocycles. The standard InChI is InChI=1S/C11H20O/c1-9(2)8-5-6-10(9,3)11(4,12)7-8/h8,12H,5-7H2,1-4H3/i4D3. The summed E-state index contributed by atoms with van der Waals surface area (Å²) < 4.78 is 22.7. The van der Waals surface area contributed by atoms with Gasteiger partial charge in [-0.2, -0.15) is 0 Å². The Morgan fingerprint density at radius 1 is 1.42 bits per heavy atom. The highest BCUT2D eigenvalue weighted by Crippen LogP contribution is 2.69. The first-order valence-electron chi connectivity index (χ1n) is 6.29. The molecule has 0 aromatic heterocycles. The second kappa shape index (κ2) is 1.89. The number of hydrogen-bond donors (Lipinski definition) is 1. The van der Waals surface area contributed by atoms with E-state index in [-0.39, 0.29) is 5.41 Å². The van der Waals surface area contributed by atoms with Crippen LogP contribution in [0.25, 0.3) is 0 Å². The van der Waals surface area contributed by atoms with E-state index in [2.05, 4.69) is 13.8 Å². The molecule has 3 atom stereocenters. The van der Waals surface area contributed by atoms with E-state index in [1.807, 2.05) is 6.92 Å². The van der Waals surface area contributed by atoms with E-state index in [9.17, 15) is 5.11 Å². The normalized spacial score (nSPS) is 61.0. The third-order valence-electron chi connectivity index (χ3n) is 4.89. The molecule has 1 heteroatoms. The van der Waals surface area contributed by atoms with Crippen LogP contribution in [0, 0.1) is 16.7 Å². The van der Waals surface area contributed by atoms with Crippen LogP contribution in [0.2, 0.25) is 0 Å². The molecule has 2 fully saturated rings. The zero-order chi connectivity index (χ0) is 11.7. The van der Waals surface area contributed by atoms with Crippen molar-refractivity contribution in [2.75, 3.05) is 0 Å². The molecule has 0 saturated heterocycles. The Balaban J connectivity index is 2.50. The molecule has 2 aliphatic carbocycles. The summed E-state index contributed by atoms with van der Waals surface area (Å²) in [6.45, 7) is 3.91. The van der Waals surface area contributed by atoms with Gasteiger partial charge in [0.25, 0.3) is 0 Å². The summed E-state index contributed by atoms with van der Waals surface area (Å²) in [6.07, 6.45) is 2.33. The molecular formula is C11H20O. The molecule has 2 rings (SSSR count). The molecule has 0 amide bonds. The van der Waals surface area contributed by atoms with E-state index in [1.165, 1.54) is 0 Å². The van der Waals surface area contributed by atoms with Gasteiger partial charge in [0.15, 0.2) is 0 Å².